The monoisotopic (exact) mass is 246 g/mol. The van der Waals surface area contributed by atoms with Crippen LogP contribution in [0.2, 0.25) is 0 Å². The Morgan fingerprint density at radius 3 is 3.17 bits per heavy atom. The lowest BCUT2D eigenvalue weighted by Crippen LogP contribution is -2.31. The molecule has 1 atom stereocenters. The SMILES string of the molecule is c1ccc2c(c1)CNCCN2CCC1CCCO1. The number of nitrogens with zero attached hydrogens (tertiary/aromatic N) is 1. The van der Waals surface area contributed by atoms with Crippen molar-refractivity contribution < 1.29 is 4.74 Å². The van der Waals surface area contributed by atoms with Gasteiger partial charge in [0.15, 0.2) is 0 Å². The highest BCUT2D eigenvalue weighted by molar-refractivity contribution is 5.54. The molecule has 18 heavy (non-hydrogen) atoms. The van der Waals surface area contributed by atoms with E-state index in [1.165, 1.54) is 24.1 Å². The molecule has 2 heterocycles. The van der Waals surface area contributed by atoms with Gasteiger partial charge in [-0.1, -0.05) is 18.2 Å². The minimum Gasteiger partial charge on any atom is -0.378 e. The molecule has 0 aromatic heterocycles. The molecule has 98 valence electrons. The molecule has 1 aromatic rings. The summed E-state index contributed by atoms with van der Waals surface area (Å²) >= 11 is 0. The molecule has 1 fully saturated rings. The number of anilines is 1. The van der Waals surface area contributed by atoms with Crippen LogP contribution in [0.1, 0.15) is 24.8 Å². The molecule has 0 radical (unpaired) electrons. The van der Waals surface area contributed by atoms with Gasteiger partial charge < -0.3 is 15.0 Å². The second kappa shape index (κ2) is 5.72. The summed E-state index contributed by atoms with van der Waals surface area (Å²) in [4.78, 5) is 2.51. The predicted octanol–water partition coefficient (Wildman–Crippen LogP) is 2.17. The number of benzene rings is 1. The molecule has 2 aliphatic heterocycles. The Labute approximate surface area is 109 Å². The molecule has 1 unspecified atom stereocenters. The van der Waals surface area contributed by atoms with Crippen molar-refractivity contribution >= 4 is 5.69 Å². The highest BCUT2D eigenvalue weighted by Gasteiger charge is 2.19. The van der Waals surface area contributed by atoms with Crippen LogP contribution in [0.3, 0.4) is 0 Å². The van der Waals surface area contributed by atoms with Crippen molar-refractivity contribution in [1.82, 2.24) is 5.32 Å². The van der Waals surface area contributed by atoms with E-state index in [4.69, 9.17) is 4.74 Å². The zero-order valence-electron chi connectivity index (χ0n) is 10.9. The van der Waals surface area contributed by atoms with E-state index in [-0.39, 0.29) is 0 Å². The van der Waals surface area contributed by atoms with Crippen molar-refractivity contribution in [3.05, 3.63) is 29.8 Å². The van der Waals surface area contributed by atoms with Gasteiger partial charge in [-0.3, -0.25) is 0 Å². The van der Waals surface area contributed by atoms with Crippen LogP contribution in [-0.4, -0.2) is 32.3 Å². The van der Waals surface area contributed by atoms with Gasteiger partial charge in [0.25, 0.3) is 0 Å². The summed E-state index contributed by atoms with van der Waals surface area (Å²) in [5.74, 6) is 0. The van der Waals surface area contributed by atoms with Crippen LogP contribution in [0.4, 0.5) is 5.69 Å². The van der Waals surface area contributed by atoms with E-state index in [1.807, 2.05) is 0 Å². The van der Waals surface area contributed by atoms with Gasteiger partial charge in [0, 0.05) is 38.5 Å². The minimum absolute atomic E-state index is 0.494. The fourth-order valence-corrected chi connectivity index (χ4v) is 2.93. The molecule has 1 N–H and O–H groups in total. The fraction of sp³-hybridized carbons (Fsp3) is 0.600. The van der Waals surface area contributed by atoms with E-state index < -0.39 is 0 Å². The maximum Gasteiger partial charge on any atom is 0.0592 e. The predicted molar refractivity (Wildman–Crippen MR) is 74.0 cm³/mol. The van der Waals surface area contributed by atoms with Crippen molar-refractivity contribution in [2.75, 3.05) is 31.1 Å². The molecule has 0 amide bonds. The first-order chi connectivity index (χ1) is 8.93. The van der Waals surface area contributed by atoms with Gasteiger partial charge in [-0.05, 0) is 30.9 Å². The van der Waals surface area contributed by atoms with Crippen LogP contribution < -0.4 is 10.2 Å². The normalized spacial score (nSPS) is 23.8. The summed E-state index contributed by atoms with van der Waals surface area (Å²) in [6.07, 6.45) is 4.14. The van der Waals surface area contributed by atoms with Crippen LogP contribution in [0.5, 0.6) is 0 Å². The molecule has 3 heteroatoms. The lowest BCUT2D eigenvalue weighted by atomic mass is 10.1. The molecule has 1 saturated heterocycles. The second-order valence-electron chi connectivity index (χ2n) is 5.22. The largest absolute Gasteiger partial charge is 0.378 e. The first-order valence-corrected chi connectivity index (χ1v) is 7.08. The van der Waals surface area contributed by atoms with Crippen LogP contribution in [0.25, 0.3) is 0 Å². The zero-order valence-corrected chi connectivity index (χ0v) is 10.9. The van der Waals surface area contributed by atoms with Gasteiger partial charge in [-0.25, -0.2) is 0 Å². The van der Waals surface area contributed by atoms with Gasteiger partial charge >= 0.3 is 0 Å². The first-order valence-electron chi connectivity index (χ1n) is 7.08. The Morgan fingerprint density at radius 2 is 2.28 bits per heavy atom. The molecule has 0 aliphatic carbocycles. The Hall–Kier alpha value is -1.06. The topological polar surface area (TPSA) is 24.5 Å². The smallest absolute Gasteiger partial charge is 0.0592 e. The standard InChI is InChI=1S/C15H22N2O/c1-2-6-15-13(4-1)12-16-8-10-17(15)9-7-14-5-3-11-18-14/h1-2,4,6,14,16H,3,5,7-12H2. The van der Waals surface area contributed by atoms with Gasteiger partial charge in [-0.15, -0.1) is 0 Å². The van der Waals surface area contributed by atoms with Crippen LogP contribution in [0.15, 0.2) is 24.3 Å². The van der Waals surface area contributed by atoms with Crippen LogP contribution >= 0.6 is 0 Å². The quantitative estimate of drug-likeness (QED) is 0.884. The van der Waals surface area contributed by atoms with E-state index in [0.717, 1.165) is 39.2 Å². The lowest BCUT2D eigenvalue weighted by molar-refractivity contribution is 0.106. The third-order valence-corrected chi connectivity index (χ3v) is 3.95. The summed E-state index contributed by atoms with van der Waals surface area (Å²) in [7, 11) is 0. The fourth-order valence-electron chi connectivity index (χ4n) is 2.93. The molecule has 1 aromatic carbocycles. The van der Waals surface area contributed by atoms with E-state index in [2.05, 4.69) is 34.5 Å². The molecule has 2 aliphatic rings. The third kappa shape index (κ3) is 2.68. The Morgan fingerprint density at radius 1 is 1.33 bits per heavy atom. The Kier molecular flexibility index (Phi) is 3.81. The number of rotatable bonds is 3. The summed E-state index contributed by atoms with van der Waals surface area (Å²) in [5, 5.41) is 3.49. The summed E-state index contributed by atoms with van der Waals surface area (Å²) in [6, 6.07) is 8.75. The highest BCUT2D eigenvalue weighted by Crippen LogP contribution is 2.23. The Bertz CT molecular complexity index is 388. The number of hydrogen-bond acceptors (Lipinski definition) is 3. The number of hydrogen-bond donors (Lipinski definition) is 1. The molecular weight excluding hydrogens is 224 g/mol. The summed E-state index contributed by atoms with van der Waals surface area (Å²) in [5.41, 5.74) is 2.82. The van der Waals surface area contributed by atoms with E-state index in [0.29, 0.717) is 6.10 Å². The third-order valence-electron chi connectivity index (χ3n) is 3.95. The van der Waals surface area contributed by atoms with Crippen molar-refractivity contribution in [2.24, 2.45) is 0 Å². The number of nitrogens with one attached hydrogen (secondary N) is 1. The molecule has 0 saturated carbocycles. The molecule has 0 bridgehead atoms. The average Bonchev–Trinajstić information content (AvgIpc) is 2.84. The maximum absolute atomic E-state index is 5.72. The van der Waals surface area contributed by atoms with Crippen LogP contribution in [0, 0.1) is 0 Å². The number of fused-ring (bicyclic) bond motifs is 1. The van der Waals surface area contributed by atoms with Gasteiger partial charge in [0.05, 0.1) is 6.10 Å². The molecule has 3 rings (SSSR count). The molecular formula is C15H22N2O. The van der Waals surface area contributed by atoms with E-state index in [9.17, 15) is 0 Å². The first kappa shape index (κ1) is 12.0. The van der Waals surface area contributed by atoms with Gasteiger partial charge in [0.1, 0.15) is 0 Å². The molecule has 3 nitrogen and oxygen atoms in total. The van der Waals surface area contributed by atoms with Crippen molar-refractivity contribution in [1.29, 1.82) is 0 Å². The second-order valence-corrected chi connectivity index (χ2v) is 5.22. The van der Waals surface area contributed by atoms with Gasteiger partial charge in [0.2, 0.25) is 0 Å². The zero-order chi connectivity index (χ0) is 12.2. The van der Waals surface area contributed by atoms with Crippen molar-refractivity contribution in [3.8, 4) is 0 Å². The number of ether oxygens (including phenoxy) is 1. The highest BCUT2D eigenvalue weighted by atomic mass is 16.5. The van der Waals surface area contributed by atoms with E-state index >= 15 is 0 Å². The maximum atomic E-state index is 5.72. The lowest BCUT2D eigenvalue weighted by Gasteiger charge is -2.25. The van der Waals surface area contributed by atoms with Gasteiger partial charge in [-0.2, -0.15) is 0 Å². The summed E-state index contributed by atoms with van der Waals surface area (Å²) in [6.45, 7) is 5.24. The number of para-hydroxylation sites is 1. The minimum atomic E-state index is 0.494. The average molecular weight is 246 g/mol. The molecule has 0 spiro atoms. The van der Waals surface area contributed by atoms with Crippen molar-refractivity contribution in [3.63, 3.8) is 0 Å². The summed E-state index contributed by atoms with van der Waals surface area (Å²) < 4.78 is 5.72. The van der Waals surface area contributed by atoms with E-state index in [1.54, 1.807) is 0 Å². The Balaban J connectivity index is 1.67. The van der Waals surface area contributed by atoms with Crippen molar-refractivity contribution in [2.45, 2.75) is 31.9 Å². The van der Waals surface area contributed by atoms with Crippen LogP contribution in [-0.2, 0) is 11.3 Å².